The van der Waals surface area contributed by atoms with Gasteiger partial charge in [-0.3, -0.25) is 0 Å². The van der Waals surface area contributed by atoms with Crippen molar-refractivity contribution in [1.82, 2.24) is 15.0 Å². The predicted molar refractivity (Wildman–Crippen MR) is 111 cm³/mol. The van der Waals surface area contributed by atoms with Crippen LogP contribution >= 0.6 is 22.7 Å². The second-order valence-electron chi connectivity index (χ2n) is 5.86. The molecule has 0 spiro atoms. The first-order valence-electron chi connectivity index (χ1n) is 8.20. The number of anilines is 4. The van der Waals surface area contributed by atoms with Crippen LogP contribution in [0.15, 0.2) is 42.0 Å². The Hall–Kier alpha value is -2.71. The molecule has 0 aliphatic carbocycles. The van der Waals surface area contributed by atoms with Gasteiger partial charge >= 0.3 is 0 Å². The Morgan fingerprint density at radius 1 is 1.15 bits per heavy atom. The van der Waals surface area contributed by atoms with Gasteiger partial charge in [-0.15, -0.1) is 11.3 Å². The van der Waals surface area contributed by atoms with Crippen LogP contribution < -0.4 is 16.4 Å². The van der Waals surface area contributed by atoms with Gasteiger partial charge in [-0.1, -0.05) is 23.5 Å². The molecule has 0 aliphatic rings. The summed E-state index contributed by atoms with van der Waals surface area (Å²) >= 11 is 3.33. The van der Waals surface area contributed by atoms with Gasteiger partial charge in [0.2, 0.25) is 0 Å². The Kier molecular flexibility index (Phi) is 4.68. The van der Waals surface area contributed by atoms with Crippen LogP contribution in [0.5, 0.6) is 0 Å². The number of hydrogen-bond donors (Lipinski definition) is 3. The number of thiazole rings is 1. The maximum Gasteiger partial charge on any atom is 0.189 e. The summed E-state index contributed by atoms with van der Waals surface area (Å²) in [4.78, 5) is 14.4. The van der Waals surface area contributed by atoms with E-state index in [0.29, 0.717) is 17.3 Å². The van der Waals surface area contributed by atoms with Crippen molar-refractivity contribution in [2.24, 2.45) is 0 Å². The van der Waals surface area contributed by atoms with Crippen LogP contribution in [-0.2, 0) is 6.42 Å². The first-order valence-corrected chi connectivity index (χ1v) is 9.89. The lowest BCUT2D eigenvalue weighted by Crippen LogP contribution is -2.10. The van der Waals surface area contributed by atoms with Crippen molar-refractivity contribution in [2.45, 2.75) is 13.3 Å². The number of benzene rings is 1. The van der Waals surface area contributed by atoms with Crippen LogP contribution in [0, 0.1) is 6.92 Å². The number of nitrogen functional groups attached to an aromatic ring is 1. The summed E-state index contributed by atoms with van der Waals surface area (Å²) < 4.78 is 1.13. The summed E-state index contributed by atoms with van der Waals surface area (Å²) in [6.45, 7) is 2.84. The Morgan fingerprint density at radius 2 is 2.04 bits per heavy atom. The van der Waals surface area contributed by atoms with E-state index in [4.69, 9.17) is 5.73 Å². The Morgan fingerprint density at radius 3 is 2.88 bits per heavy atom. The number of nitrogens with zero attached hydrogens (tertiary/aromatic N) is 3. The number of rotatable bonds is 6. The summed E-state index contributed by atoms with van der Waals surface area (Å²) in [5, 5.41) is 9.35. The molecule has 26 heavy (non-hydrogen) atoms. The lowest BCUT2D eigenvalue weighted by Gasteiger charge is -2.10. The molecule has 8 heteroatoms. The molecule has 0 aliphatic heterocycles. The van der Waals surface area contributed by atoms with Gasteiger partial charge in [-0.2, -0.15) is 0 Å². The average molecular weight is 383 g/mol. The number of nitrogens with one attached hydrogen (secondary N) is 2. The third kappa shape index (κ3) is 3.61. The fourth-order valence-electron chi connectivity index (χ4n) is 2.58. The van der Waals surface area contributed by atoms with Crippen molar-refractivity contribution in [2.75, 3.05) is 22.9 Å². The lowest BCUT2D eigenvalue weighted by atomic mass is 10.2. The van der Waals surface area contributed by atoms with Crippen molar-refractivity contribution >= 4 is 55.3 Å². The predicted octanol–water partition coefficient (Wildman–Crippen LogP) is 4.44. The zero-order chi connectivity index (χ0) is 17.9. The molecule has 4 N–H and O–H groups in total. The van der Waals surface area contributed by atoms with Gasteiger partial charge in [0.15, 0.2) is 16.8 Å². The van der Waals surface area contributed by atoms with E-state index in [1.807, 2.05) is 6.07 Å². The number of aryl methyl sites for hydroxylation is 1. The summed E-state index contributed by atoms with van der Waals surface area (Å²) in [6, 6.07) is 10.4. The zero-order valence-corrected chi connectivity index (χ0v) is 15.8. The number of fused-ring (bicyclic) bond motifs is 1. The molecule has 0 bridgehead atoms. The van der Waals surface area contributed by atoms with Gasteiger partial charge in [0.05, 0.1) is 10.2 Å². The molecule has 6 nitrogen and oxygen atoms in total. The second kappa shape index (κ2) is 7.27. The highest BCUT2D eigenvalue weighted by molar-refractivity contribution is 7.22. The van der Waals surface area contributed by atoms with Crippen LogP contribution in [0.2, 0.25) is 0 Å². The molecule has 3 heterocycles. The molecule has 3 aromatic heterocycles. The van der Waals surface area contributed by atoms with Gasteiger partial charge in [-0.25, -0.2) is 15.0 Å². The van der Waals surface area contributed by atoms with E-state index in [0.717, 1.165) is 28.3 Å². The average Bonchev–Trinajstić information content (AvgIpc) is 3.27. The van der Waals surface area contributed by atoms with Gasteiger partial charge in [0, 0.05) is 11.4 Å². The minimum Gasteiger partial charge on any atom is -0.393 e. The smallest absolute Gasteiger partial charge is 0.189 e. The quantitative estimate of drug-likeness (QED) is 0.457. The van der Waals surface area contributed by atoms with E-state index in [9.17, 15) is 0 Å². The molecule has 0 radical (unpaired) electrons. The molecule has 0 saturated carbocycles. The Bertz CT molecular complexity index is 1030. The van der Waals surface area contributed by atoms with Crippen LogP contribution in [-0.4, -0.2) is 21.5 Å². The van der Waals surface area contributed by atoms with E-state index >= 15 is 0 Å². The number of hydrogen-bond acceptors (Lipinski definition) is 8. The fourth-order valence-corrected chi connectivity index (χ4v) is 4.25. The molecule has 0 fully saturated rings. The van der Waals surface area contributed by atoms with Gasteiger partial charge in [-0.05, 0) is 42.5 Å². The largest absolute Gasteiger partial charge is 0.393 e. The standard InChI is InChI=1S/C18H18N6S2/c1-11-4-5-13-14(9-11)26-18(23-13)24-17-15(19)16(21-10-22-17)20-7-6-12-3-2-8-25-12/h2-5,8-10H,6-7,19H2,1H3,(H2,20,21,22,23,24). The molecule has 132 valence electrons. The summed E-state index contributed by atoms with van der Waals surface area (Å²) in [5.41, 5.74) is 8.91. The van der Waals surface area contributed by atoms with Crippen molar-refractivity contribution in [3.05, 3.63) is 52.5 Å². The highest BCUT2D eigenvalue weighted by Gasteiger charge is 2.11. The first kappa shape index (κ1) is 16.7. The molecular weight excluding hydrogens is 364 g/mol. The second-order valence-corrected chi connectivity index (χ2v) is 7.92. The summed E-state index contributed by atoms with van der Waals surface area (Å²) in [5.74, 6) is 1.20. The van der Waals surface area contributed by atoms with Gasteiger partial charge < -0.3 is 16.4 Å². The first-order chi connectivity index (χ1) is 12.7. The van der Waals surface area contributed by atoms with Crippen LogP contribution in [0.1, 0.15) is 10.4 Å². The summed E-state index contributed by atoms with van der Waals surface area (Å²) in [6.07, 6.45) is 2.44. The Balaban J connectivity index is 1.49. The van der Waals surface area contributed by atoms with Gasteiger partial charge in [0.1, 0.15) is 12.0 Å². The van der Waals surface area contributed by atoms with Crippen LogP contribution in [0.4, 0.5) is 22.5 Å². The monoisotopic (exact) mass is 382 g/mol. The third-order valence-corrected chi connectivity index (χ3v) is 5.77. The molecule has 0 saturated heterocycles. The fraction of sp³-hybridized carbons (Fsp3) is 0.167. The molecular formula is C18H18N6S2. The van der Waals surface area contributed by atoms with E-state index in [1.165, 1.54) is 16.8 Å². The highest BCUT2D eigenvalue weighted by Crippen LogP contribution is 2.31. The zero-order valence-electron chi connectivity index (χ0n) is 14.2. The maximum atomic E-state index is 6.24. The minimum absolute atomic E-state index is 0.495. The van der Waals surface area contributed by atoms with Gasteiger partial charge in [0.25, 0.3) is 0 Å². The molecule has 0 atom stereocenters. The number of aromatic nitrogens is 3. The van der Waals surface area contributed by atoms with Crippen molar-refractivity contribution in [1.29, 1.82) is 0 Å². The third-order valence-electron chi connectivity index (χ3n) is 3.90. The van der Waals surface area contributed by atoms with Crippen molar-refractivity contribution in [3.63, 3.8) is 0 Å². The van der Waals surface area contributed by atoms with E-state index in [1.54, 1.807) is 22.7 Å². The number of nitrogens with two attached hydrogens (primary N) is 1. The lowest BCUT2D eigenvalue weighted by molar-refractivity contribution is 1.02. The SMILES string of the molecule is Cc1ccc2nc(Nc3ncnc(NCCc4cccs4)c3N)sc2c1. The highest BCUT2D eigenvalue weighted by atomic mass is 32.1. The molecule has 1 aromatic carbocycles. The summed E-state index contributed by atoms with van der Waals surface area (Å²) in [7, 11) is 0. The van der Waals surface area contributed by atoms with Crippen molar-refractivity contribution < 1.29 is 0 Å². The minimum atomic E-state index is 0.495. The van der Waals surface area contributed by atoms with Crippen molar-refractivity contribution in [3.8, 4) is 0 Å². The van der Waals surface area contributed by atoms with E-state index in [2.05, 4.69) is 62.2 Å². The topological polar surface area (TPSA) is 88.8 Å². The number of thiophene rings is 1. The molecule has 0 unspecified atom stereocenters. The molecule has 4 aromatic rings. The molecule has 0 amide bonds. The molecule has 4 rings (SSSR count). The van der Waals surface area contributed by atoms with E-state index < -0.39 is 0 Å². The van der Waals surface area contributed by atoms with Crippen LogP contribution in [0.3, 0.4) is 0 Å². The maximum absolute atomic E-state index is 6.24. The normalized spacial score (nSPS) is 11.0. The van der Waals surface area contributed by atoms with E-state index in [-0.39, 0.29) is 0 Å². The van der Waals surface area contributed by atoms with Crippen LogP contribution in [0.25, 0.3) is 10.2 Å². The Labute approximate surface area is 159 Å².